The van der Waals surface area contributed by atoms with Crippen LogP contribution in [-0.2, 0) is 11.8 Å². The Labute approximate surface area is 218 Å². The first-order chi connectivity index (χ1) is 17.7. The van der Waals surface area contributed by atoms with Gasteiger partial charge in [0.05, 0.1) is 11.9 Å². The Morgan fingerprint density at radius 3 is 2.29 bits per heavy atom. The molecular formula is C24H33F3N8O3. The van der Waals surface area contributed by atoms with E-state index in [1.807, 2.05) is 19.9 Å². The van der Waals surface area contributed by atoms with E-state index in [-0.39, 0.29) is 29.9 Å². The van der Waals surface area contributed by atoms with Gasteiger partial charge in [-0.2, -0.15) is 15.5 Å². The van der Waals surface area contributed by atoms with Gasteiger partial charge in [-0.1, -0.05) is 20.3 Å². The number of carboxylic acids is 1. The molecule has 1 aliphatic rings. The van der Waals surface area contributed by atoms with Gasteiger partial charge in [-0.25, -0.2) is 27.5 Å². The van der Waals surface area contributed by atoms with Crippen LogP contribution in [0.25, 0.3) is 5.65 Å². The number of anilines is 2. The molecule has 38 heavy (non-hydrogen) atoms. The summed E-state index contributed by atoms with van der Waals surface area (Å²) in [5, 5.41) is 27.4. The third-order valence-electron chi connectivity index (χ3n) is 4.91. The van der Waals surface area contributed by atoms with Crippen LogP contribution >= 0.6 is 0 Å². The zero-order valence-electron chi connectivity index (χ0n) is 22.0. The number of nitrogens with zero attached hydrogens (tertiary/aromatic N) is 6. The van der Waals surface area contributed by atoms with Gasteiger partial charge in [0.25, 0.3) is 5.91 Å². The number of aromatic nitrogens is 5. The van der Waals surface area contributed by atoms with E-state index in [0.717, 1.165) is 20.3 Å². The van der Waals surface area contributed by atoms with Gasteiger partial charge in [-0.15, -0.1) is 0 Å². The van der Waals surface area contributed by atoms with E-state index in [1.54, 1.807) is 25.5 Å². The molecule has 3 aromatic rings. The Morgan fingerprint density at radius 1 is 1.24 bits per heavy atom. The van der Waals surface area contributed by atoms with Crippen LogP contribution in [0.3, 0.4) is 0 Å². The number of nitrogen functional groups attached to an aromatic ring is 1. The van der Waals surface area contributed by atoms with E-state index in [2.05, 4.69) is 20.5 Å². The topological polar surface area (TPSA) is 164 Å². The van der Waals surface area contributed by atoms with E-state index in [4.69, 9.17) is 16.1 Å². The molecular weight excluding hydrogens is 505 g/mol. The minimum Gasteiger partial charge on any atom is -0.479 e. The first kappa shape index (κ1) is 31.9. The number of aryl methyl sites for hydroxylation is 1. The van der Waals surface area contributed by atoms with Crippen molar-refractivity contribution < 1.29 is 27.9 Å². The van der Waals surface area contributed by atoms with Crippen LogP contribution < -0.4 is 11.1 Å². The fraction of sp³-hybridized carbons (Fsp3) is 0.500. The Balaban J connectivity index is 0.000000350. The van der Waals surface area contributed by atoms with Gasteiger partial charge < -0.3 is 16.2 Å². The summed E-state index contributed by atoms with van der Waals surface area (Å²) in [6.07, 6.45) is 7.21. The molecule has 208 valence electrons. The highest BCUT2D eigenvalue weighted by molar-refractivity contribution is 6.08. The lowest BCUT2D eigenvalue weighted by atomic mass is 9.97. The van der Waals surface area contributed by atoms with E-state index >= 15 is 0 Å². The SMILES string of the molecule is CC.CC(C)(F)C(=O)O.Cn1cc(NC(=O)c2cnn3ccc(N)nc23)c(C#N)n1.FC1(F)CCCCC1. The van der Waals surface area contributed by atoms with Gasteiger partial charge in [-0.3, -0.25) is 9.48 Å². The molecule has 0 spiro atoms. The number of hydrogen-bond acceptors (Lipinski definition) is 7. The highest BCUT2D eigenvalue weighted by Gasteiger charge is 2.30. The molecule has 0 aromatic carbocycles. The third kappa shape index (κ3) is 9.72. The van der Waals surface area contributed by atoms with Crippen molar-refractivity contribution in [2.75, 3.05) is 11.1 Å². The second-order valence-electron chi connectivity index (χ2n) is 8.50. The van der Waals surface area contributed by atoms with Crippen molar-refractivity contribution in [3.05, 3.63) is 35.9 Å². The monoisotopic (exact) mass is 538 g/mol. The Kier molecular flexibility index (Phi) is 11.7. The summed E-state index contributed by atoms with van der Waals surface area (Å²) in [5.74, 6) is -3.89. The first-order valence-corrected chi connectivity index (χ1v) is 11.9. The summed E-state index contributed by atoms with van der Waals surface area (Å²) in [7, 11) is 1.66. The lowest BCUT2D eigenvalue weighted by Crippen LogP contribution is -2.24. The molecule has 14 heteroatoms. The predicted molar refractivity (Wildman–Crippen MR) is 135 cm³/mol. The van der Waals surface area contributed by atoms with Crippen molar-refractivity contribution in [2.24, 2.45) is 7.05 Å². The molecule has 3 heterocycles. The molecule has 0 saturated heterocycles. The summed E-state index contributed by atoms with van der Waals surface area (Å²) in [6.45, 7) is 5.99. The molecule has 4 N–H and O–H groups in total. The van der Waals surface area contributed by atoms with Crippen molar-refractivity contribution in [3.63, 3.8) is 0 Å². The highest BCUT2D eigenvalue weighted by atomic mass is 19.3. The zero-order chi connectivity index (χ0) is 29.1. The smallest absolute Gasteiger partial charge is 0.340 e. The highest BCUT2D eigenvalue weighted by Crippen LogP contribution is 2.32. The summed E-state index contributed by atoms with van der Waals surface area (Å²) in [4.78, 5) is 26.0. The van der Waals surface area contributed by atoms with Gasteiger partial charge in [0, 0.05) is 32.3 Å². The molecule has 0 bridgehead atoms. The second-order valence-corrected chi connectivity index (χ2v) is 8.50. The number of aliphatic carboxylic acids is 1. The van der Waals surface area contributed by atoms with Crippen LogP contribution in [0.2, 0.25) is 0 Å². The lowest BCUT2D eigenvalue weighted by Gasteiger charge is -2.20. The maximum absolute atomic E-state index is 12.3. The van der Waals surface area contributed by atoms with E-state index in [1.165, 1.54) is 15.4 Å². The maximum atomic E-state index is 12.3. The molecule has 0 unspecified atom stereocenters. The van der Waals surface area contributed by atoms with Gasteiger partial charge in [0.1, 0.15) is 17.5 Å². The molecule has 0 radical (unpaired) electrons. The van der Waals surface area contributed by atoms with Crippen molar-refractivity contribution >= 4 is 29.0 Å². The number of alkyl halides is 3. The minimum absolute atomic E-state index is 0.118. The summed E-state index contributed by atoms with van der Waals surface area (Å²) >= 11 is 0. The summed E-state index contributed by atoms with van der Waals surface area (Å²) < 4.78 is 39.2. The molecule has 3 aromatic heterocycles. The van der Waals surface area contributed by atoms with Crippen LogP contribution in [0.4, 0.5) is 24.7 Å². The van der Waals surface area contributed by atoms with Crippen LogP contribution in [0, 0.1) is 11.3 Å². The molecule has 0 atom stereocenters. The fourth-order valence-electron chi connectivity index (χ4n) is 2.96. The maximum Gasteiger partial charge on any atom is 0.340 e. The zero-order valence-corrected chi connectivity index (χ0v) is 22.0. The van der Waals surface area contributed by atoms with Crippen LogP contribution in [-0.4, -0.2) is 53.0 Å². The average molecular weight is 539 g/mol. The third-order valence-corrected chi connectivity index (χ3v) is 4.91. The molecule has 11 nitrogen and oxygen atoms in total. The number of amides is 1. The Hall–Kier alpha value is -4.15. The predicted octanol–water partition coefficient (Wildman–Crippen LogP) is 4.60. The standard InChI is InChI=1S/C12H10N8O.C6H10F2.C4H7FO2.C2H6/c1-19-6-9(8(4-13)18-19)16-12(21)7-5-15-20-3-2-10(14)17-11(7)20;7-6(8)4-2-1-3-5-6;1-4(2,5)3(6)7;1-2/h2-3,5-6H,1H3,(H2,14,17)(H,16,21);1-5H2;1-2H3,(H,6,7);1-2H3. The minimum atomic E-state index is -2.32. The van der Waals surface area contributed by atoms with Crippen molar-refractivity contribution in [2.45, 2.75) is 71.4 Å². The van der Waals surface area contributed by atoms with Crippen LogP contribution in [0.1, 0.15) is 75.9 Å². The summed E-state index contributed by atoms with van der Waals surface area (Å²) in [5.41, 5.74) is 4.59. The number of halogens is 3. The summed E-state index contributed by atoms with van der Waals surface area (Å²) in [6, 6.07) is 3.49. The molecule has 0 aliphatic heterocycles. The van der Waals surface area contributed by atoms with Crippen LogP contribution in [0.15, 0.2) is 24.7 Å². The quantitative estimate of drug-likeness (QED) is 0.435. The number of carbonyl (C=O) groups is 2. The first-order valence-electron chi connectivity index (χ1n) is 11.9. The lowest BCUT2D eigenvalue weighted by molar-refractivity contribution is -0.148. The van der Waals surface area contributed by atoms with Crippen LogP contribution in [0.5, 0.6) is 0 Å². The van der Waals surface area contributed by atoms with Crippen molar-refractivity contribution in [1.29, 1.82) is 5.26 Å². The molecule has 1 saturated carbocycles. The number of fused-ring (bicyclic) bond motifs is 1. The fourth-order valence-corrected chi connectivity index (χ4v) is 2.96. The molecule has 1 amide bonds. The number of nitriles is 1. The van der Waals surface area contributed by atoms with E-state index in [0.29, 0.717) is 24.2 Å². The Bertz CT molecular complexity index is 1250. The van der Waals surface area contributed by atoms with Crippen molar-refractivity contribution in [1.82, 2.24) is 24.4 Å². The second kappa shape index (κ2) is 14.0. The normalized spacial score (nSPS) is 13.9. The van der Waals surface area contributed by atoms with Gasteiger partial charge in [-0.05, 0) is 32.8 Å². The molecule has 1 aliphatic carbocycles. The number of rotatable bonds is 3. The number of carbonyl (C=O) groups excluding carboxylic acids is 1. The number of nitrogens with one attached hydrogen (secondary N) is 1. The largest absolute Gasteiger partial charge is 0.479 e. The van der Waals surface area contributed by atoms with Gasteiger partial charge in [0.15, 0.2) is 11.3 Å². The van der Waals surface area contributed by atoms with E-state index in [9.17, 15) is 22.8 Å². The van der Waals surface area contributed by atoms with E-state index < -0.39 is 23.5 Å². The Morgan fingerprint density at radius 2 is 1.82 bits per heavy atom. The molecule has 4 rings (SSSR count). The van der Waals surface area contributed by atoms with Crippen molar-refractivity contribution in [3.8, 4) is 6.07 Å². The number of nitrogens with two attached hydrogens (primary N) is 1. The van der Waals surface area contributed by atoms with Gasteiger partial charge in [0.2, 0.25) is 11.6 Å². The average Bonchev–Trinajstić information content (AvgIpc) is 3.42. The number of carboxylic acid groups (broad SMARTS) is 1. The molecule has 1 fully saturated rings. The van der Waals surface area contributed by atoms with Gasteiger partial charge >= 0.3 is 5.97 Å². The number of hydrogen-bond donors (Lipinski definition) is 3.